The van der Waals surface area contributed by atoms with Crippen molar-refractivity contribution in [2.75, 3.05) is 6.61 Å². The Morgan fingerprint density at radius 2 is 1.47 bits per heavy atom. The lowest BCUT2D eigenvalue weighted by molar-refractivity contribution is 0.296. The molecule has 4 rings (SSSR count). The van der Waals surface area contributed by atoms with Crippen molar-refractivity contribution >= 4 is 0 Å². The highest BCUT2D eigenvalue weighted by atomic mass is 19.1. The fourth-order valence-corrected chi connectivity index (χ4v) is 5.35. The van der Waals surface area contributed by atoms with Crippen molar-refractivity contribution in [2.24, 2.45) is 5.92 Å². The number of hydrogen-bond acceptors (Lipinski definition) is 1. The zero-order valence-corrected chi connectivity index (χ0v) is 20.4. The van der Waals surface area contributed by atoms with Crippen LogP contribution in [-0.2, 0) is 12.8 Å². The van der Waals surface area contributed by atoms with Gasteiger partial charge in [0, 0.05) is 0 Å². The van der Waals surface area contributed by atoms with Crippen LogP contribution in [0.2, 0.25) is 0 Å². The summed E-state index contributed by atoms with van der Waals surface area (Å²) in [7, 11) is 0. The number of rotatable bonds is 9. The summed E-state index contributed by atoms with van der Waals surface area (Å²) in [5.41, 5.74) is 4.94. The summed E-state index contributed by atoms with van der Waals surface area (Å²) >= 11 is 0. The molecule has 0 heterocycles. The smallest absolute Gasteiger partial charge is 0.190 e. The van der Waals surface area contributed by atoms with Gasteiger partial charge < -0.3 is 4.74 Å². The highest BCUT2D eigenvalue weighted by Crippen LogP contribution is 2.39. The lowest BCUT2D eigenvalue weighted by atomic mass is 9.77. The van der Waals surface area contributed by atoms with Gasteiger partial charge in [0.1, 0.15) is 0 Å². The van der Waals surface area contributed by atoms with Crippen molar-refractivity contribution in [1.82, 2.24) is 0 Å². The maximum atomic E-state index is 14.3. The van der Waals surface area contributed by atoms with E-state index in [9.17, 15) is 8.78 Å². The van der Waals surface area contributed by atoms with Gasteiger partial charge in [-0.15, -0.1) is 0 Å². The molecule has 0 aliphatic heterocycles. The van der Waals surface area contributed by atoms with E-state index in [0.717, 1.165) is 44.1 Å². The molecule has 3 heteroatoms. The maximum Gasteiger partial charge on any atom is 0.190 e. The normalized spacial score (nSPS) is 19.1. The lowest BCUT2D eigenvalue weighted by Crippen LogP contribution is -2.14. The Morgan fingerprint density at radius 3 is 2.09 bits per heavy atom. The molecule has 0 amide bonds. The fourth-order valence-electron chi connectivity index (χ4n) is 5.35. The van der Waals surface area contributed by atoms with Crippen molar-refractivity contribution in [3.8, 4) is 5.75 Å². The molecular weight excluding hydrogens is 426 g/mol. The Balaban J connectivity index is 1.24. The van der Waals surface area contributed by atoms with Crippen LogP contribution in [0.4, 0.5) is 8.78 Å². The second-order valence-electron chi connectivity index (χ2n) is 9.84. The van der Waals surface area contributed by atoms with Gasteiger partial charge in [0.2, 0.25) is 0 Å². The first-order valence-electron chi connectivity index (χ1n) is 12.8. The summed E-state index contributed by atoms with van der Waals surface area (Å²) in [4.78, 5) is 0. The van der Waals surface area contributed by atoms with E-state index in [1.165, 1.54) is 35.2 Å². The third-order valence-corrected chi connectivity index (χ3v) is 7.40. The van der Waals surface area contributed by atoms with Crippen LogP contribution in [0.5, 0.6) is 5.75 Å². The summed E-state index contributed by atoms with van der Waals surface area (Å²) in [5.74, 6) is 0.0226. The molecule has 3 aromatic rings. The van der Waals surface area contributed by atoms with Crippen LogP contribution in [0.15, 0.2) is 66.7 Å². The zero-order valence-electron chi connectivity index (χ0n) is 20.4. The van der Waals surface area contributed by atoms with Gasteiger partial charge in [-0.05, 0) is 104 Å². The van der Waals surface area contributed by atoms with Gasteiger partial charge in [0.25, 0.3) is 0 Å². The van der Waals surface area contributed by atoms with Crippen molar-refractivity contribution in [3.63, 3.8) is 0 Å². The van der Waals surface area contributed by atoms with Gasteiger partial charge in [-0.1, -0.05) is 61.5 Å². The predicted molar refractivity (Wildman–Crippen MR) is 136 cm³/mol. The van der Waals surface area contributed by atoms with Crippen molar-refractivity contribution in [3.05, 3.63) is 101 Å². The molecular formula is C31H36F2O. The van der Waals surface area contributed by atoms with E-state index in [1.54, 1.807) is 6.92 Å². The highest BCUT2D eigenvalue weighted by molar-refractivity contribution is 5.33. The Kier molecular flexibility index (Phi) is 8.37. The number of halogens is 2. The van der Waals surface area contributed by atoms with Gasteiger partial charge in [-0.2, -0.15) is 0 Å². The first kappa shape index (κ1) is 24.4. The zero-order chi connectivity index (χ0) is 23.9. The molecule has 0 radical (unpaired) electrons. The number of aryl methyl sites for hydroxylation is 1. The number of benzene rings is 3. The van der Waals surface area contributed by atoms with Crippen molar-refractivity contribution in [1.29, 1.82) is 0 Å². The largest absolute Gasteiger partial charge is 0.488 e. The predicted octanol–water partition coefficient (Wildman–Crippen LogP) is 8.62. The van der Waals surface area contributed by atoms with Gasteiger partial charge in [-0.3, -0.25) is 0 Å². The van der Waals surface area contributed by atoms with E-state index in [1.807, 2.05) is 0 Å². The standard InChI is InChI=1S/C31H36F2O/c1-3-34-31-29(32)20-28(21-30(31)33)27-17-15-24(16-18-27)10-9-23-11-13-25(14-12-23)19-22(2)26-7-5-4-6-8-26/h4-8,11-14,20-22,24,27H,3,9-10,15-19H2,1-2H3/t22-,24?,27?/m0/s1. The fraction of sp³-hybridized carbons (Fsp3) is 0.419. The second-order valence-corrected chi connectivity index (χ2v) is 9.84. The van der Waals surface area contributed by atoms with Crippen LogP contribution >= 0.6 is 0 Å². The van der Waals surface area contributed by atoms with Crippen LogP contribution in [-0.4, -0.2) is 6.61 Å². The molecule has 180 valence electrons. The van der Waals surface area contributed by atoms with Crippen LogP contribution < -0.4 is 4.74 Å². The van der Waals surface area contributed by atoms with E-state index >= 15 is 0 Å². The second kappa shape index (κ2) is 11.6. The Bertz CT molecular complexity index is 1010. The molecule has 0 bridgehead atoms. The van der Waals surface area contributed by atoms with E-state index in [-0.39, 0.29) is 18.3 Å². The van der Waals surface area contributed by atoms with Gasteiger partial charge >= 0.3 is 0 Å². The highest BCUT2D eigenvalue weighted by Gasteiger charge is 2.24. The minimum absolute atomic E-state index is 0.238. The first-order valence-corrected chi connectivity index (χ1v) is 12.8. The van der Waals surface area contributed by atoms with E-state index in [4.69, 9.17) is 4.74 Å². The molecule has 1 saturated carbocycles. The first-order chi connectivity index (χ1) is 16.5. The summed E-state index contributed by atoms with van der Waals surface area (Å²) in [6.45, 7) is 4.28. The summed E-state index contributed by atoms with van der Waals surface area (Å²) in [5, 5.41) is 0. The number of hydrogen-bond donors (Lipinski definition) is 0. The van der Waals surface area contributed by atoms with Crippen LogP contribution in [0.1, 0.15) is 80.0 Å². The van der Waals surface area contributed by atoms with Gasteiger partial charge in [0.05, 0.1) is 6.61 Å². The summed E-state index contributed by atoms with van der Waals surface area (Å²) in [6.07, 6.45) is 7.55. The van der Waals surface area contributed by atoms with Crippen molar-refractivity contribution in [2.45, 2.75) is 70.6 Å². The summed E-state index contributed by atoms with van der Waals surface area (Å²) < 4.78 is 33.6. The Hall–Kier alpha value is -2.68. The molecule has 3 aromatic carbocycles. The molecule has 0 saturated heterocycles. The molecule has 0 spiro atoms. The van der Waals surface area contributed by atoms with Gasteiger partial charge in [-0.25, -0.2) is 8.78 Å². The molecule has 0 unspecified atom stereocenters. The molecule has 0 N–H and O–H groups in total. The van der Waals surface area contributed by atoms with Crippen LogP contribution in [0.25, 0.3) is 0 Å². The summed E-state index contributed by atoms with van der Waals surface area (Å²) in [6, 6.07) is 22.8. The molecule has 1 nitrogen and oxygen atoms in total. The lowest BCUT2D eigenvalue weighted by Gasteiger charge is -2.29. The number of ether oxygens (including phenoxy) is 1. The molecule has 0 aromatic heterocycles. The molecule has 1 aliphatic rings. The average Bonchev–Trinajstić information content (AvgIpc) is 2.86. The minimum Gasteiger partial charge on any atom is -0.488 e. The van der Waals surface area contributed by atoms with Crippen LogP contribution in [0.3, 0.4) is 0 Å². The molecule has 34 heavy (non-hydrogen) atoms. The topological polar surface area (TPSA) is 9.23 Å². The Morgan fingerprint density at radius 1 is 0.853 bits per heavy atom. The average molecular weight is 463 g/mol. The molecule has 1 atom stereocenters. The molecule has 1 aliphatic carbocycles. The quantitative estimate of drug-likeness (QED) is 0.309. The Labute approximate surface area is 203 Å². The minimum atomic E-state index is -0.583. The van der Waals surface area contributed by atoms with Crippen molar-refractivity contribution < 1.29 is 13.5 Å². The van der Waals surface area contributed by atoms with Crippen LogP contribution in [0, 0.1) is 17.6 Å². The van der Waals surface area contributed by atoms with E-state index in [2.05, 4.69) is 61.5 Å². The third-order valence-electron chi connectivity index (χ3n) is 7.40. The van der Waals surface area contributed by atoms with Gasteiger partial charge in [0.15, 0.2) is 17.4 Å². The van der Waals surface area contributed by atoms with E-state index < -0.39 is 11.6 Å². The third kappa shape index (κ3) is 6.25. The maximum absolute atomic E-state index is 14.3. The van der Waals surface area contributed by atoms with E-state index in [0.29, 0.717) is 11.8 Å². The SMILES string of the molecule is CCOc1c(F)cc(C2CCC(CCc3ccc(C[C@H](C)c4ccccc4)cc3)CC2)cc1F. The molecule has 1 fully saturated rings. The monoisotopic (exact) mass is 462 g/mol.